The summed E-state index contributed by atoms with van der Waals surface area (Å²) in [5, 5.41) is 5.31. The van der Waals surface area contributed by atoms with E-state index in [1.54, 1.807) is 0 Å². The van der Waals surface area contributed by atoms with Crippen molar-refractivity contribution in [3.63, 3.8) is 0 Å². The molecule has 1 atom stereocenters. The summed E-state index contributed by atoms with van der Waals surface area (Å²) in [5.74, 6) is 0.734. The van der Waals surface area contributed by atoms with Gasteiger partial charge in [-0.25, -0.2) is 0 Å². The summed E-state index contributed by atoms with van der Waals surface area (Å²) in [6.45, 7) is 8.89. The van der Waals surface area contributed by atoms with Gasteiger partial charge in [0.25, 0.3) is 0 Å². The zero-order valence-electron chi connectivity index (χ0n) is 10.3. The van der Waals surface area contributed by atoms with Crippen LogP contribution in [0.25, 0.3) is 0 Å². The molecule has 1 aliphatic rings. The molecule has 0 aromatic rings. The summed E-state index contributed by atoms with van der Waals surface area (Å²) in [5.41, 5.74) is 0. The van der Waals surface area contributed by atoms with Crippen molar-refractivity contribution >= 4 is 16.9 Å². The second-order valence-corrected chi connectivity index (χ2v) is 5.76. The lowest BCUT2D eigenvalue weighted by atomic mass is 10.1. The van der Waals surface area contributed by atoms with E-state index in [0.717, 1.165) is 19.0 Å². The van der Waals surface area contributed by atoms with E-state index in [1.807, 2.05) is 11.8 Å². The van der Waals surface area contributed by atoms with E-state index in [0.29, 0.717) is 5.25 Å². The molecule has 0 aliphatic carbocycles. The Labute approximate surface area is 98.3 Å². The Balaban J connectivity index is 2.03. The molecule has 1 aliphatic heterocycles. The Morgan fingerprint density at radius 1 is 1.40 bits per heavy atom. The molecule has 0 saturated heterocycles. The average Bonchev–Trinajstić information content (AvgIpc) is 2.66. The smallest absolute Gasteiger partial charge is 0.156 e. The summed E-state index contributed by atoms with van der Waals surface area (Å²) in [7, 11) is 0. The van der Waals surface area contributed by atoms with Crippen molar-refractivity contribution in [2.45, 2.75) is 51.7 Å². The third-order valence-corrected chi connectivity index (χ3v) is 4.22. The predicted molar refractivity (Wildman–Crippen MR) is 70.7 cm³/mol. The van der Waals surface area contributed by atoms with Crippen molar-refractivity contribution in [3.05, 3.63) is 0 Å². The first-order valence-corrected chi connectivity index (χ1v) is 7.07. The van der Waals surface area contributed by atoms with Gasteiger partial charge in [0.05, 0.1) is 6.54 Å². The highest BCUT2D eigenvalue weighted by Gasteiger charge is 2.21. The first-order chi connectivity index (χ1) is 7.24. The zero-order chi connectivity index (χ0) is 11.1. The van der Waals surface area contributed by atoms with Crippen LogP contribution < -0.4 is 5.32 Å². The van der Waals surface area contributed by atoms with Gasteiger partial charge >= 0.3 is 0 Å². The summed E-state index contributed by atoms with van der Waals surface area (Å²) < 4.78 is 0. The average molecular weight is 228 g/mol. The molecular formula is C12H24N2S. The molecule has 1 N–H and O–H groups in total. The van der Waals surface area contributed by atoms with Crippen LogP contribution in [-0.2, 0) is 0 Å². The van der Waals surface area contributed by atoms with Crippen LogP contribution in [-0.4, -0.2) is 23.5 Å². The molecule has 0 aromatic carbocycles. The molecule has 1 rings (SSSR count). The van der Waals surface area contributed by atoms with Crippen molar-refractivity contribution in [2.75, 3.05) is 13.1 Å². The molecule has 88 valence electrons. The van der Waals surface area contributed by atoms with Crippen LogP contribution in [0.5, 0.6) is 0 Å². The second-order valence-electron chi connectivity index (χ2n) is 4.53. The number of thioether (sulfide) groups is 1. The molecule has 1 heterocycles. The van der Waals surface area contributed by atoms with Gasteiger partial charge in [0, 0.05) is 11.8 Å². The lowest BCUT2D eigenvalue weighted by Crippen LogP contribution is -2.21. The first kappa shape index (κ1) is 12.9. The number of unbranched alkanes of at least 4 members (excludes halogenated alkanes) is 3. The predicted octanol–water partition coefficient (Wildman–Crippen LogP) is 3.28. The van der Waals surface area contributed by atoms with Crippen molar-refractivity contribution in [3.8, 4) is 0 Å². The largest absolute Gasteiger partial charge is 0.365 e. The molecular weight excluding hydrogens is 204 g/mol. The van der Waals surface area contributed by atoms with E-state index in [9.17, 15) is 0 Å². The number of nitrogens with one attached hydrogen (secondary N) is 1. The Bertz CT molecular complexity index is 202. The van der Waals surface area contributed by atoms with Crippen LogP contribution in [0.4, 0.5) is 0 Å². The normalized spacial score (nSPS) is 20.8. The fourth-order valence-corrected chi connectivity index (χ4v) is 2.62. The van der Waals surface area contributed by atoms with Gasteiger partial charge in [-0.3, -0.25) is 4.99 Å². The van der Waals surface area contributed by atoms with Crippen LogP contribution in [0.15, 0.2) is 4.99 Å². The van der Waals surface area contributed by atoms with Gasteiger partial charge in [0.15, 0.2) is 5.17 Å². The molecule has 3 heteroatoms. The molecule has 0 bridgehead atoms. The SMILES string of the molecule is CCCCCCNC1=NCC(C(C)C)S1. The highest BCUT2D eigenvalue weighted by atomic mass is 32.2. The van der Waals surface area contributed by atoms with Crippen molar-refractivity contribution in [1.82, 2.24) is 5.32 Å². The fourth-order valence-electron chi connectivity index (χ4n) is 1.58. The van der Waals surface area contributed by atoms with Gasteiger partial charge in [-0.1, -0.05) is 51.8 Å². The standard InChI is InChI=1S/C12H24N2S/c1-4-5-6-7-8-13-12-14-9-11(15-12)10(2)3/h10-11H,4-9H2,1-3H3,(H,13,14). The third-order valence-electron chi connectivity index (χ3n) is 2.73. The van der Waals surface area contributed by atoms with E-state index in [1.165, 1.54) is 30.9 Å². The molecule has 0 amide bonds. The van der Waals surface area contributed by atoms with Crippen molar-refractivity contribution in [1.29, 1.82) is 0 Å². The van der Waals surface area contributed by atoms with Gasteiger partial charge in [0.2, 0.25) is 0 Å². The van der Waals surface area contributed by atoms with Crippen molar-refractivity contribution in [2.24, 2.45) is 10.9 Å². The van der Waals surface area contributed by atoms with Gasteiger partial charge in [0.1, 0.15) is 0 Å². The minimum Gasteiger partial charge on any atom is -0.365 e. The number of amidine groups is 1. The van der Waals surface area contributed by atoms with Crippen LogP contribution in [0, 0.1) is 5.92 Å². The number of nitrogens with zero attached hydrogens (tertiary/aromatic N) is 1. The highest BCUT2D eigenvalue weighted by molar-refractivity contribution is 8.14. The maximum absolute atomic E-state index is 4.52. The maximum atomic E-state index is 4.52. The number of hydrogen-bond acceptors (Lipinski definition) is 3. The Morgan fingerprint density at radius 3 is 2.80 bits per heavy atom. The Kier molecular flexibility index (Phi) is 6.15. The second kappa shape index (κ2) is 7.15. The highest BCUT2D eigenvalue weighted by Crippen LogP contribution is 2.25. The Morgan fingerprint density at radius 2 is 2.20 bits per heavy atom. The minimum absolute atomic E-state index is 0.697. The third kappa shape index (κ3) is 4.92. The fraction of sp³-hybridized carbons (Fsp3) is 0.917. The lowest BCUT2D eigenvalue weighted by Gasteiger charge is -2.12. The van der Waals surface area contributed by atoms with E-state index in [2.05, 4.69) is 31.1 Å². The van der Waals surface area contributed by atoms with E-state index >= 15 is 0 Å². The van der Waals surface area contributed by atoms with Gasteiger partial charge in [-0.05, 0) is 12.3 Å². The molecule has 0 aromatic heterocycles. The summed E-state index contributed by atoms with van der Waals surface area (Å²) in [4.78, 5) is 4.52. The molecule has 0 fully saturated rings. The van der Waals surface area contributed by atoms with Crippen LogP contribution >= 0.6 is 11.8 Å². The maximum Gasteiger partial charge on any atom is 0.156 e. The number of aliphatic imine (C=N–C) groups is 1. The molecule has 2 nitrogen and oxygen atoms in total. The zero-order valence-corrected chi connectivity index (χ0v) is 11.1. The molecule has 1 unspecified atom stereocenters. The van der Waals surface area contributed by atoms with Crippen molar-refractivity contribution < 1.29 is 0 Å². The van der Waals surface area contributed by atoms with E-state index in [-0.39, 0.29) is 0 Å². The monoisotopic (exact) mass is 228 g/mol. The van der Waals surface area contributed by atoms with Crippen LogP contribution in [0.3, 0.4) is 0 Å². The molecule has 15 heavy (non-hydrogen) atoms. The quantitative estimate of drug-likeness (QED) is 0.706. The molecule has 0 spiro atoms. The van der Waals surface area contributed by atoms with E-state index in [4.69, 9.17) is 0 Å². The minimum atomic E-state index is 0.697. The first-order valence-electron chi connectivity index (χ1n) is 6.19. The van der Waals surface area contributed by atoms with Gasteiger partial charge < -0.3 is 5.32 Å². The summed E-state index contributed by atoms with van der Waals surface area (Å²) in [6, 6.07) is 0. The van der Waals surface area contributed by atoms with Crippen LogP contribution in [0.2, 0.25) is 0 Å². The van der Waals surface area contributed by atoms with Crippen LogP contribution in [0.1, 0.15) is 46.5 Å². The Hall–Kier alpha value is -0.180. The summed E-state index contributed by atoms with van der Waals surface area (Å²) >= 11 is 1.92. The molecule has 0 saturated carbocycles. The van der Waals surface area contributed by atoms with Gasteiger partial charge in [-0.2, -0.15) is 0 Å². The number of hydrogen-bond donors (Lipinski definition) is 1. The topological polar surface area (TPSA) is 24.4 Å². The molecule has 0 radical (unpaired) electrons. The summed E-state index contributed by atoms with van der Waals surface area (Å²) in [6.07, 6.45) is 5.29. The lowest BCUT2D eigenvalue weighted by molar-refractivity contribution is 0.621. The van der Waals surface area contributed by atoms with E-state index < -0.39 is 0 Å². The number of rotatable bonds is 6. The van der Waals surface area contributed by atoms with Gasteiger partial charge in [-0.15, -0.1) is 0 Å².